The molecule has 1 aliphatic carbocycles. The van der Waals surface area contributed by atoms with E-state index in [4.69, 9.17) is 10.3 Å². The number of anilines is 1. The highest BCUT2D eigenvalue weighted by Crippen LogP contribution is 2.33. The fourth-order valence-corrected chi connectivity index (χ4v) is 4.71. The van der Waals surface area contributed by atoms with Gasteiger partial charge in [-0.1, -0.05) is 11.2 Å². The van der Waals surface area contributed by atoms with Gasteiger partial charge in [0.25, 0.3) is 0 Å². The molecule has 1 fully saturated rings. The van der Waals surface area contributed by atoms with Crippen LogP contribution in [0.2, 0.25) is 0 Å². The number of hydrogen-bond donors (Lipinski definition) is 3. The van der Waals surface area contributed by atoms with Crippen molar-refractivity contribution in [3.63, 3.8) is 0 Å². The molecule has 1 saturated carbocycles. The maximum absolute atomic E-state index is 12.8. The lowest BCUT2D eigenvalue weighted by atomic mass is 9.83. The van der Waals surface area contributed by atoms with Crippen molar-refractivity contribution >= 4 is 15.8 Å². The zero-order valence-corrected chi connectivity index (χ0v) is 17.6. The molecule has 2 aromatic heterocycles. The summed E-state index contributed by atoms with van der Waals surface area (Å²) in [5.74, 6) is 0.986. The summed E-state index contributed by atoms with van der Waals surface area (Å²) in [5.41, 5.74) is 9.71. The van der Waals surface area contributed by atoms with Gasteiger partial charge < -0.3 is 15.4 Å². The van der Waals surface area contributed by atoms with E-state index in [9.17, 15) is 13.5 Å². The number of benzene rings is 1. The Morgan fingerprint density at radius 2 is 1.97 bits per heavy atom. The highest BCUT2D eigenvalue weighted by molar-refractivity contribution is 7.89. The molecule has 0 radical (unpaired) electrons. The molecule has 0 atom stereocenters. The molecular formula is C21H24N4O4S. The van der Waals surface area contributed by atoms with E-state index in [-0.39, 0.29) is 16.9 Å². The Morgan fingerprint density at radius 3 is 2.63 bits per heavy atom. The number of aliphatic hydroxyl groups excluding tert-OH is 1. The predicted octanol–water partition coefficient (Wildman–Crippen LogP) is 2.65. The zero-order chi connectivity index (χ0) is 21.5. The minimum Gasteiger partial charge on any atom is -0.393 e. The summed E-state index contributed by atoms with van der Waals surface area (Å²) in [6.07, 6.45) is 2.56. The first-order valence-corrected chi connectivity index (χ1v) is 11.2. The Labute approximate surface area is 175 Å². The van der Waals surface area contributed by atoms with E-state index < -0.39 is 10.0 Å². The van der Waals surface area contributed by atoms with Gasteiger partial charge in [-0.2, -0.15) is 0 Å². The molecule has 158 valence electrons. The second-order valence-electron chi connectivity index (χ2n) is 7.81. The largest absolute Gasteiger partial charge is 0.393 e. The first-order valence-electron chi connectivity index (χ1n) is 9.71. The van der Waals surface area contributed by atoms with Crippen molar-refractivity contribution in [2.24, 2.45) is 5.92 Å². The predicted molar refractivity (Wildman–Crippen MR) is 113 cm³/mol. The summed E-state index contributed by atoms with van der Waals surface area (Å²) in [5, 5.41) is 13.3. The van der Waals surface area contributed by atoms with Crippen LogP contribution < -0.4 is 10.5 Å². The van der Waals surface area contributed by atoms with E-state index in [2.05, 4.69) is 14.9 Å². The van der Waals surface area contributed by atoms with E-state index in [0.717, 1.165) is 22.4 Å². The third-order valence-corrected chi connectivity index (χ3v) is 6.84. The molecule has 9 heteroatoms. The summed E-state index contributed by atoms with van der Waals surface area (Å²) in [7, 11) is -3.67. The molecule has 2 heterocycles. The van der Waals surface area contributed by atoms with Crippen molar-refractivity contribution < 1.29 is 18.0 Å². The number of sulfonamides is 1. The maximum atomic E-state index is 12.8. The standard InChI is InChI=1S/C21H24N4O4S/c1-12-3-4-17(30(27,28)24-10-14-6-16(26)7-14)9-18(12)15-8-19(21(22)23-11-15)20-5-13(2)25-29-20/h3-5,8-9,11,14,16,24,26H,6-7,10H2,1-2H3,(H2,22,23). The van der Waals surface area contributed by atoms with E-state index >= 15 is 0 Å². The fraction of sp³-hybridized carbons (Fsp3) is 0.333. The molecule has 3 aromatic rings. The Hall–Kier alpha value is -2.75. The number of aryl methyl sites for hydroxylation is 2. The molecule has 4 rings (SSSR count). The Balaban J connectivity index is 1.65. The highest BCUT2D eigenvalue weighted by Gasteiger charge is 2.28. The smallest absolute Gasteiger partial charge is 0.240 e. The first-order chi connectivity index (χ1) is 14.2. The lowest BCUT2D eigenvalue weighted by Gasteiger charge is -2.31. The van der Waals surface area contributed by atoms with Gasteiger partial charge in [0.05, 0.1) is 22.3 Å². The second kappa shape index (κ2) is 7.82. The second-order valence-corrected chi connectivity index (χ2v) is 9.58. The van der Waals surface area contributed by atoms with Crippen LogP contribution in [0.5, 0.6) is 0 Å². The Kier molecular flexibility index (Phi) is 5.35. The van der Waals surface area contributed by atoms with E-state index in [1.54, 1.807) is 30.5 Å². The molecule has 30 heavy (non-hydrogen) atoms. The molecule has 0 bridgehead atoms. The number of aliphatic hydroxyl groups is 1. The number of aromatic nitrogens is 2. The van der Waals surface area contributed by atoms with Crippen molar-refractivity contribution in [2.75, 3.05) is 12.3 Å². The summed E-state index contributed by atoms with van der Waals surface area (Å²) in [6.45, 7) is 4.04. The Morgan fingerprint density at radius 1 is 1.20 bits per heavy atom. The molecule has 8 nitrogen and oxygen atoms in total. The molecule has 4 N–H and O–H groups in total. The van der Waals surface area contributed by atoms with E-state index in [1.165, 1.54) is 0 Å². The molecule has 0 saturated heterocycles. The summed E-state index contributed by atoms with van der Waals surface area (Å²) in [4.78, 5) is 4.44. The number of hydrogen-bond acceptors (Lipinski definition) is 7. The molecular weight excluding hydrogens is 404 g/mol. The van der Waals surface area contributed by atoms with Crippen molar-refractivity contribution in [1.82, 2.24) is 14.9 Å². The third kappa shape index (κ3) is 4.09. The maximum Gasteiger partial charge on any atom is 0.240 e. The van der Waals surface area contributed by atoms with Gasteiger partial charge in [0.2, 0.25) is 10.0 Å². The van der Waals surface area contributed by atoms with Crippen LogP contribution in [0, 0.1) is 19.8 Å². The number of rotatable bonds is 6. The summed E-state index contributed by atoms with van der Waals surface area (Å²) in [6, 6.07) is 8.58. The molecule has 0 spiro atoms. The number of nitrogens with zero attached hydrogens (tertiary/aromatic N) is 2. The van der Waals surface area contributed by atoms with Gasteiger partial charge in [-0.25, -0.2) is 18.1 Å². The van der Waals surface area contributed by atoms with Crippen LogP contribution in [0.3, 0.4) is 0 Å². The molecule has 1 aliphatic rings. The highest BCUT2D eigenvalue weighted by atomic mass is 32.2. The first kappa shape index (κ1) is 20.5. The molecule has 0 unspecified atom stereocenters. The summed E-state index contributed by atoms with van der Waals surface area (Å²) < 4.78 is 33.5. The fourth-order valence-electron chi connectivity index (χ4n) is 3.57. The van der Waals surface area contributed by atoms with Gasteiger partial charge in [0, 0.05) is 24.4 Å². The lowest BCUT2D eigenvalue weighted by molar-refractivity contribution is 0.0453. The van der Waals surface area contributed by atoms with Crippen LogP contribution in [0.25, 0.3) is 22.5 Å². The zero-order valence-electron chi connectivity index (χ0n) is 16.8. The lowest BCUT2D eigenvalue weighted by Crippen LogP contribution is -2.38. The number of nitrogen functional groups attached to an aromatic ring is 1. The van der Waals surface area contributed by atoms with Gasteiger partial charge in [-0.05, 0) is 61.9 Å². The third-order valence-electron chi connectivity index (χ3n) is 5.42. The minimum absolute atomic E-state index is 0.175. The van der Waals surface area contributed by atoms with E-state index in [1.807, 2.05) is 19.9 Å². The van der Waals surface area contributed by atoms with Crippen molar-refractivity contribution in [3.8, 4) is 22.5 Å². The monoisotopic (exact) mass is 428 g/mol. The van der Waals surface area contributed by atoms with Crippen molar-refractivity contribution in [2.45, 2.75) is 37.7 Å². The summed E-state index contributed by atoms with van der Waals surface area (Å²) >= 11 is 0. The van der Waals surface area contributed by atoms with Crippen LogP contribution in [-0.4, -0.2) is 36.3 Å². The van der Waals surface area contributed by atoms with Crippen LogP contribution in [0.15, 0.2) is 45.9 Å². The van der Waals surface area contributed by atoms with Gasteiger partial charge in [0.15, 0.2) is 5.76 Å². The molecule has 0 amide bonds. The number of nitrogens with two attached hydrogens (primary N) is 1. The molecule has 0 aliphatic heterocycles. The van der Waals surface area contributed by atoms with E-state index in [0.29, 0.717) is 36.5 Å². The van der Waals surface area contributed by atoms with Crippen LogP contribution in [0.4, 0.5) is 5.82 Å². The van der Waals surface area contributed by atoms with Crippen molar-refractivity contribution in [3.05, 3.63) is 47.8 Å². The number of nitrogens with one attached hydrogen (secondary N) is 1. The number of pyridine rings is 1. The van der Waals surface area contributed by atoms with Crippen LogP contribution >= 0.6 is 0 Å². The van der Waals surface area contributed by atoms with Crippen LogP contribution in [-0.2, 0) is 10.0 Å². The average Bonchev–Trinajstić information content (AvgIpc) is 3.11. The van der Waals surface area contributed by atoms with Gasteiger partial charge in [-0.15, -0.1) is 0 Å². The topological polar surface area (TPSA) is 131 Å². The average molecular weight is 429 g/mol. The van der Waals surface area contributed by atoms with Crippen LogP contribution in [0.1, 0.15) is 24.1 Å². The molecule has 1 aromatic carbocycles. The minimum atomic E-state index is -3.67. The van der Waals surface area contributed by atoms with Gasteiger partial charge in [0.1, 0.15) is 5.82 Å². The quantitative estimate of drug-likeness (QED) is 0.550. The van der Waals surface area contributed by atoms with Crippen molar-refractivity contribution in [1.29, 1.82) is 0 Å². The Bertz CT molecular complexity index is 1180. The van der Waals surface area contributed by atoms with Gasteiger partial charge in [-0.3, -0.25) is 0 Å². The SMILES string of the molecule is Cc1cc(-c2cc(-c3cc(S(=O)(=O)NCC4CC(O)C4)ccc3C)cnc2N)on1. The normalized spacial score (nSPS) is 18.9. The van der Waals surface area contributed by atoms with Gasteiger partial charge >= 0.3 is 0 Å².